The number of benzene rings is 2. The van der Waals surface area contributed by atoms with E-state index in [9.17, 15) is 0 Å². The van der Waals surface area contributed by atoms with Gasteiger partial charge < -0.3 is 4.74 Å². The van der Waals surface area contributed by atoms with E-state index in [1.165, 1.54) is 27.8 Å². The molecule has 1 aliphatic rings. The summed E-state index contributed by atoms with van der Waals surface area (Å²) in [7, 11) is 0. The minimum absolute atomic E-state index is 0.0199. The lowest BCUT2D eigenvalue weighted by molar-refractivity contribution is 0.134. The molecule has 0 aromatic heterocycles. The van der Waals surface area contributed by atoms with Gasteiger partial charge in [0.1, 0.15) is 0 Å². The lowest BCUT2D eigenvalue weighted by Crippen LogP contribution is -2.28. The quantitative estimate of drug-likeness (QED) is 0.653. The number of aryl methyl sites for hydroxylation is 1. The Balaban J connectivity index is 1.96. The largest absolute Gasteiger partial charge is 0.372 e. The zero-order valence-corrected chi connectivity index (χ0v) is 11.0. The number of hydrazine groups is 1. The second-order valence-electron chi connectivity index (χ2n) is 5.03. The fourth-order valence-electron chi connectivity index (χ4n) is 2.52. The molecule has 1 heterocycles. The van der Waals surface area contributed by atoms with E-state index in [-0.39, 0.29) is 6.04 Å². The molecule has 3 N–H and O–H groups in total. The predicted molar refractivity (Wildman–Crippen MR) is 75.3 cm³/mol. The summed E-state index contributed by atoms with van der Waals surface area (Å²) in [6.45, 7) is 3.51. The van der Waals surface area contributed by atoms with Gasteiger partial charge in [-0.05, 0) is 29.2 Å². The van der Waals surface area contributed by atoms with Gasteiger partial charge in [0.15, 0.2) is 0 Å². The molecule has 0 bridgehead atoms. The van der Waals surface area contributed by atoms with Crippen LogP contribution in [0, 0.1) is 6.92 Å². The van der Waals surface area contributed by atoms with Crippen molar-refractivity contribution in [1.82, 2.24) is 5.43 Å². The van der Waals surface area contributed by atoms with E-state index in [0.717, 1.165) is 6.61 Å². The Kier molecular flexibility index (Phi) is 3.34. The first-order valence-corrected chi connectivity index (χ1v) is 6.50. The lowest BCUT2D eigenvalue weighted by atomic mass is 9.95. The molecule has 1 unspecified atom stereocenters. The van der Waals surface area contributed by atoms with Crippen molar-refractivity contribution in [2.75, 3.05) is 0 Å². The monoisotopic (exact) mass is 254 g/mol. The summed E-state index contributed by atoms with van der Waals surface area (Å²) >= 11 is 0. The highest BCUT2D eigenvalue weighted by Gasteiger charge is 2.16. The third kappa shape index (κ3) is 2.40. The maximum atomic E-state index is 5.74. The van der Waals surface area contributed by atoms with E-state index in [4.69, 9.17) is 10.6 Å². The molecule has 0 spiro atoms. The van der Waals surface area contributed by atoms with Gasteiger partial charge in [-0.15, -0.1) is 0 Å². The van der Waals surface area contributed by atoms with Crippen LogP contribution in [0.4, 0.5) is 0 Å². The molecule has 0 saturated carbocycles. The normalized spacial score (nSPS) is 15.3. The van der Waals surface area contributed by atoms with Crippen molar-refractivity contribution in [3.8, 4) is 0 Å². The number of fused-ring (bicyclic) bond motifs is 1. The number of nitrogens with one attached hydrogen (secondary N) is 1. The van der Waals surface area contributed by atoms with Gasteiger partial charge in [0.25, 0.3) is 0 Å². The van der Waals surface area contributed by atoms with Crippen LogP contribution in [-0.2, 0) is 18.0 Å². The minimum Gasteiger partial charge on any atom is -0.372 e. The molecule has 1 aliphatic heterocycles. The highest BCUT2D eigenvalue weighted by Crippen LogP contribution is 2.27. The van der Waals surface area contributed by atoms with Crippen LogP contribution < -0.4 is 11.3 Å². The highest BCUT2D eigenvalue weighted by molar-refractivity contribution is 5.39. The van der Waals surface area contributed by atoms with Crippen LogP contribution in [0.1, 0.15) is 33.9 Å². The Bertz CT molecular complexity index is 578. The van der Waals surface area contributed by atoms with Crippen LogP contribution in [0.15, 0.2) is 42.5 Å². The Hall–Kier alpha value is -1.68. The molecular weight excluding hydrogens is 236 g/mol. The number of ether oxygens (including phenoxy) is 1. The molecule has 0 fully saturated rings. The molecule has 98 valence electrons. The average Bonchev–Trinajstić information content (AvgIpc) is 2.89. The van der Waals surface area contributed by atoms with Gasteiger partial charge in [0.2, 0.25) is 0 Å². The van der Waals surface area contributed by atoms with Crippen LogP contribution in [0.5, 0.6) is 0 Å². The van der Waals surface area contributed by atoms with Crippen molar-refractivity contribution >= 4 is 0 Å². The Morgan fingerprint density at radius 1 is 1.00 bits per heavy atom. The standard InChI is InChI=1S/C16H18N2O/c1-11-2-4-12(5-3-11)16(18-17)13-6-7-14-9-19-10-15(14)8-13/h2-8,16,18H,9-10,17H2,1H3. The van der Waals surface area contributed by atoms with Crippen LogP contribution >= 0.6 is 0 Å². The third-order valence-electron chi connectivity index (χ3n) is 3.66. The molecule has 0 amide bonds. The molecule has 0 radical (unpaired) electrons. The van der Waals surface area contributed by atoms with Crippen molar-refractivity contribution in [2.24, 2.45) is 5.84 Å². The second-order valence-corrected chi connectivity index (χ2v) is 5.03. The Morgan fingerprint density at radius 2 is 1.68 bits per heavy atom. The summed E-state index contributed by atoms with van der Waals surface area (Å²) in [6, 6.07) is 14.9. The molecular formula is C16H18N2O. The lowest BCUT2D eigenvalue weighted by Gasteiger charge is -2.18. The van der Waals surface area contributed by atoms with Gasteiger partial charge in [-0.1, -0.05) is 48.0 Å². The van der Waals surface area contributed by atoms with Crippen molar-refractivity contribution in [1.29, 1.82) is 0 Å². The third-order valence-corrected chi connectivity index (χ3v) is 3.66. The minimum atomic E-state index is 0.0199. The number of hydrogen-bond acceptors (Lipinski definition) is 3. The first-order chi connectivity index (χ1) is 9.28. The van der Waals surface area contributed by atoms with E-state index < -0.39 is 0 Å². The van der Waals surface area contributed by atoms with Crippen molar-refractivity contribution in [2.45, 2.75) is 26.2 Å². The number of nitrogens with two attached hydrogens (primary N) is 1. The topological polar surface area (TPSA) is 47.3 Å². The molecule has 0 saturated heterocycles. The van der Waals surface area contributed by atoms with Crippen LogP contribution in [0.25, 0.3) is 0 Å². The van der Waals surface area contributed by atoms with Crippen molar-refractivity contribution in [3.05, 3.63) is 70.3 Å². The van der Waals surface area contributed by atoms with Gasteiger partial charge >= 0.3 is 0 Å². The molecule has 0 aliphatic carbocycles. The number of rotatable bonds is 3. The van der Waals surface area contributed by atoms with Crippen molar-refractivity contribution < 1.29 is 4.74 Å². The summed E-state index contributed by atoms with van der Waals surface area (Å²) in [6.07, 6.45) is 0. The molecule has 3 heteroatoms. The molecule has 2 aromatic rings. The highest BCUT2D eigenvalue weighted by atomic mass is 16.5. The zero-order valence-electron chi connectivity index (χ0n) is 11.0. The SMILES string of the molecule is Cc1ccc(C(NN)c2ccc3c(c2)COC3)cc1. The van der Waals surface area contributed by atoms with Crippen LogP contribution in [0.3, 0.4) is 0 Å². The van der Waals surface area contributed by atoms with Gasteiger partial charge in [0, 0.05) is 0 Å². The van der Waals surface area contributed by atoms with E-state index in [0.29, 0.717) is 6.61 Å². The Labute approximate surface area is 113 Å². The van der Waals surface area contributed by atoms with Gasteiger partial charge in [-0.2, -0.15) is 0 Å². The van der Waals surface area contributed by atoms with Crippen molar-refractivity contribution in [3.63, 3.8) is 0 Å². The summed E-state index contributed by atoms with van der Waals surface area (Å²) in [4.78, 5) is 0. The van der Waals surface area contributed by atoms with Crippen LogP contribution in [-0.4, -0.2) is 0 Å². The fraction of sp³-hybridized carbons (Fsp3) is 0.250. The smallest absolute Gasteiger partial charge is 0.0725 e. The summed E-state index contributed by atoms with van der Waals surface area (Å²) in [5.41, 5.74) is 9.06. The van der Waals surface area contributed by atoms with Gasteiger partial charge in [0.05, 0.1) is 19.3 Å². The molecule has 19 heavy (non-hydrogen) atoms. The second kappa shape index (κ2) is 5.13. The van der Waals surface area contributed by atoms with E-state index in [1.807, 2.05) is 0 Å². The summed E-state index contributed by atoms with van der Waals surface area (Å²) in [5, 5.41) is 0. The van der Waals surface area contributed by atoms with Gasteiger partial charge in [-0.3, -0.25) is 5.84 Å². The summed E-state index contributed by atoms with van der Waals surface area (Å²) < 4.78 is 5.45. The predicted octanol–water partition coefficient (Wildman–Crippen LogP) is 2.58. The van der Waals surface area contributed by atoms with Crippen LogP contribution in [0.2, 0.25) is 0 Å². The zero-order chi connectivity index (χ0) is 13.2. The summed E-state index contributed by atoms with van der Waals surface area (Å²) in [5.74, 6) is 5.74. The fourth-order valence-corrected chi connectivity index (χ4v) is 2.52. The van der Waals surface area contributed by atoms with Gasteiger partial charge in [-0.25, -0.2) is 5.43 Å². The maximum Gasteiger partial charge on any atom is 0.0725 e. The Morgan fingerprint density at radius 3 is 2.42 bits per heavy atom. The first-order valence-electron chi connectivity index (χ1n) is 6.50. The molecule has 2 aromatic carbocycles. The first kappa shape index (κ1) is 12.4. The maximum absolute atomic E-state index is 5.74. The van der Waals surface area contributed by atoms with E-state index in [2.05, 4.69) is 54.8 Å². The average molecular weight is 254 g/mol. The van der Waals surface area contributed by atoms with E-state index in [1.54, 1.807) is 0 Å². The molecule has 3 rings (SSSR count). The molecule has 3 nitrogen and oxygen atoms in total. The molecule has 1 atom stereocenters. The van der Waals surface area contributed by atoms with E-state index >= 15 is 0 Å². The number of hydrogen-bond donors (Lipinski definition) is 2.